The molecule has 1 heteroatoms. The van der Waals surface area contributed by atoms with Crippen LogP contribution < -0.4 is 0 Å². The third-order valence-electron chi connectivity index (χ3n) is 1.05. The van der Waals surface area contributed by atoms with E-state index in [9.17, 15) is 4.39 Å². The summed E-state index contributed by atoms with van der Waals surface area (Å²) < 4.78 is 12.1. The number of alkyl halides is 1. The largest absolute Gasteiger partial charge is 0.243 e. The van der Waals surface area contributed by atoms with Crippen molar-refractivity contribution in [1.82, 2.24) is 0 Å². The molecule has 0 saturated carbocycles. The quantitative estimate of drug-likeness (QED) is 0.544. The van der Waals surface area contributed by atoms with Gasteiger partial charge in [0, 0.05) is 0 Å². The van der Waals surface area contributed by atoms with Crippen molar-refractivity contribution in [3.8, 4) is 0 Å². The highest BCUT2D eigenvalue weighted by atomic mass is 19.1. The molecule has 1 unspecified atom stereocenters. The van der Waals surface area contributed by atoms with Gasteiger partial charge < -0.3 is 0 Å². The van der Waals surface area contributed by atoms with Crippen LogP contribution in [-0.4, -0.2) is 6.17 Å². The fourth-order valence-corrected chi connectivity index (χ4v) is 0.387. The second-order valence-corrected chi connectivity index (χ2v) is 2.76. The van der Waals surface area contributed by atoms with Gasteiger partial charge in [-0.2, -0.15) is 0 Å². The van der Waals surface area contributed by atoms with Crippen molar-refractivity contribution in [2.45, 2.75) is 60.6 Å². The predicted octanol–water partition coefficient (Wildman–Crippen LogP) is 5.31. The molecule has 0 amide bonds. The fraction of sp³-hybridized carbons (Fsp3) is 0.692. The lowest BCUT2D eigenvalue weighted by Gasteiger charge is -1.91. The van der Waals surface area contributed by atoms with Crippen LogP contribution in [0.2, 0.25) is 0 Å². The van der Waals surface area contributed by atoms with Crippen molar-refractivity contribution in [2.75, 3.05) is 0 Å². The summed E-state index contributed by atoms with van der Waals surface area (Å²) in [5.74, 6) is 0. The lowest BCUT2D eigenvalue weighted by molar-refractivity contribution is 0.430. The average molecular weight is 202 g/mol. The topological polar surface area (TPSA) is 0 Å². The highest BCUT2D eigenvalue weighted by Crippen LogP contribution is 2.00. The van der Waals surface area contributed by atoms with Crippen molar-refractivity contribution in [1.29, 1.82) is 0 Å². The van der Waals surface area contributed by atoms with E-state index in [1.807, 2.05) is 20.8 Å². The summed E-state index contributed by atoms with van der Waals surface area (Å²) in [6, 6.07) is 0. The van der Waals surface area contributed by atoms with E-state index < -0.39 is 6.17 Å². The van der Waals surface area contributed by atoms with Crippen LogP contribution in [0.25, 0.3) is 0 Å². The van der Waals surface area contributed by atoms with E-state index in [1.54, 1.807) is 6.08 Å². The second kappa shape index (κ2) is 18.2. The van der Waals surface area contributed by atoms with Gasteiger partial charge in [-0.15, -0.1) is 0 Å². The first-order valence-corrected chi connectivity index (χ1v) is 5.58. The fourth-order valence-electron chi connectivity index (χ4n) is 0.387. The maximum atomic E-state index is 12.1. The van der Waals surface area contributed by atoms with Crippen LogP contribution in [-0.2, 0) is 0 Å². The minimum absolute atomic E-state index is 0.853. The number of hydrogen-bond donors (Lipinski definition) is 0. The van der Waals surface area contributed by atoms with E-state index in [-0.39, 0.29) is 0 Å². The molecule has 0 aliphatic heterocycles. The second-order valence-electron chi connectivity index (χ2n) is 2.76. The molecule has 0 saturated heterocycles. The van der Waals surface area contributed by atoms with Crippen LogP contribution in [0.5, 0.6) is 0 Å². The third-order valence-corrected chi connectivity index (χ3v) is 1.05. The Morgan fingerprint density at radius 1 is 1.29 bits per heavy atom. The van der Waals surface area contributed by atoms with Gasteiger partial charge in [-0.25, -0.2) is 4.39 Å². The van der Waals surface area contributed by atoms with Gasteiger partial charge in [0.1, 0.15) is 6.17 Å². The van der Waals surface area contributed by atoms with Crippen LogP contribution in [0.1, 0.15) is 54.4 Å². The highest BCUT2D eigenvalue weighted by Gasteiger charge is 1.87. The number of allylic oxidation sites excluding steroid dienone is 3. The van der Waals surface area contributed by atoms with Crippen molar-refractivity contribution in [2.24, 2.45) is 0 Å². The Morgan fingerprint density at radius 3 is 1.86 bits per heavy atom. The van der Waals surface area contributed by atoms with Crippen molar-refractivity contribution >= 4 is 0 Å². The van der Waals surface area contributed by atoms with Gasteiger partial charge in [0.2, 0.25) is 0 Å². The summed E-state index contributed by atoms with van der Waals surface area (Å²) in [5, 5.41) is 0. The molecule has 0 aromatic carbocycles. The van der Waals surface area contributed by atoms with E-state index in [2.05, 4.69) is 20.4 Å². The lowest BCUT2D eigenvalue weighted by Crippen LogP contribution is -1.83. The molecule has 0 nitrogen and oxygen atoms in total. The zero-order chi connectivity index (χ0) is 12.0. The van der Waals surface area contributed by atoms with Gasteiger partial charge in [0.15, 0.2) is 0 Å². The molecular weight excluding hydrogens is 175 g/mol. The molecule has 0 N–H and O–H groups in total. The zero-order valence-corrected chi connectivity index (χ0v) is 10.7. The van der Waals surface area contributed by atoms with Crippen molar-refractivity contribution < 1.29 is 4.39 Å². The molecule has 0 bridgehead atoms. The van der Waals surface area contributed by atoms with Crippen LogP contribution in [0.15, 0.2) is 24.3 Å². The Hall–Kier alpha value is -0.590. The van der Waals surface area contributed by atoms with Gasteiger partial charge in [0.25, 0.3) is 0 Å². The van der Waals surface area contributed by atoms with E-state index in [4.69, 9.17) is 0 Å². The molecular formula is C13H27F. The molecule has 0 aliphatic carbocycles. The van der Waals surface area contributed by atoms with E-state index in [0.717, 1.165) is 12.0 Å². The number of halogens is 1. The maximum absolute atomic E-state index is 12.1. The Bertz CT molecular complexity index is 123. The highest BCUT2D eigenvalue weighted by molar-refractivity contribution is 5.14. The summed E-state index contributed by atoms with van der Waals surface area (Å²) >= 11 is 0. The molecule has 0 heterocycles. The zero-order valence-electron chi connectivity index (χ0n) is 10.7. The Kier molecular flexibility index (Phi) is 24.8. The molecule has 0 aromatic rings. The average Bonchev–Trinajstić information content (AvgIpc) is 2.18. The van der Waals surface area contributed by atoms with Gasteiger partial charge >= 0.3 is 0 Å². The Morgan fingerprint density at radius 2 is 1.64 bits per heavy atom. The predicted molar refractivity (Wildman–Crippen MR) is 66.5 cm³/mol. The summed E-state index contributed by atoms with van der Waals surface area (Å²) in [4.78, 5) is 0. The normalized spacial score (nSPS) is 10.8. The first kappa shape index (κ1) is 19.1. The summed E-state index contributed by atoms with van der Waals surface area (Å²) in [6.07, 6.45) is 4.52. The molecule has 0 spiro atoms. The smallest absolute Gasteiger partial charge is 0.116 e. The maximum Gasteiger partial charge on any atom is 0.116 e. The molecule has 0 rings (SSSR count). The van der Waals surface area contributed by atoms with Gasteiger partial charge in [-0.1, -0.05) is 65.3 Å². The molecule has 0 aromatic heterocycles. The third kappa shape index (κ3) is 30.1. The monoisotopic (exact) mass is 202 g/mol. The van der Waals surface area contributed by atoms with Crippen LogP contribution in [0.3, 0.4) is 0 Å². The molecule has 1 atom stereocenters. The SMILES string of the molecule is C=C(/C=C\C(C)F)CC.CC.CCC. The Labute approximate surface area is 89.9 Å². The van der Waals surface area contributed by atoms with Gasteiger partial charge in [0.05, 0.1) is 0 Å². The summed E-state index contributed by atoms with van der Waals surface area (Å²) in [6.45, 7) is 15.4. The van der Waals surface area contributed by atoms with Gasteiger partial charge in [-0.3, -0.25) is 0 Å². The summed E-state index contributed by atoms with van der Waals surface area (Å²) in [5.41, 5.74) is 0.972. The first-order chi connectivity index (χ1) is 6.58. The minimum Gasteiger partial charge on any atom is -0.243 e. The summed E-state index contributed by atoms with van der Waals surface area (Å²) in [7, 11) is 0. The molecule has 0 fully saturated rings. The van der Waals surface area contributed by atoms with E-state index >= 15 is 0 Å². The molecule has 0 radical (unpaired) electrons. The molecule has 14 heavy (non-hydrogen) atoms. The molecule has 0 aliphatic rings. The van der Waals surface area contributed by atoms with E-state index in [0.29, 0.717) is 0 Å². The first-order valence-electron chi connectivity index (χ1n) is 5.58. The minimum atomic E-state index is -0.853. The van der Waals surface area contributed by atoms with Gasteiger partial charge in [-0.05, 0) is 13.3 Å². The van der Waals surface area contributed by atoms with Crippen molar-refractivity contribution in [3.05, 3.63) is 24.3 Å². The van der Waals surface area contributed by atoms with Crippen LogP contribution in [0.4, 0.5) is 4.39 Å². The van der Waals surface area contributed by atoms with E-state index in [1.165, 1.54) is 19.4 Å². The van der Waals surface area contributed by atoms with Crippen LogP contribution >= 0.6 is 0 Å². The lowest BCUT2D eigenvalue weighted by atomic mass is 10.2. The van der Waals surface area contributed by atoms with Crippen LogP contribution in [0, 0.1) is 0 Å². The number of hydrogen-bond acceptors (Lipinski definition) is 0. The standard InChI is InChI=1S/C8H13F.C3H8.C2H6/c1-4-7(2)5-6-8(3)9;1-3-2;1-2/h5-6,8H,2,4H2,1,3H3;3H2,1-2H3;1-2H3/b6-5-;;. The Balaban J connectivity index is -0.000000205. The number of rotatable bonds is 3. The van der Waals surface area contributed by atoms with Crippen molar-refractivity contribution in [3.63, 3.8) is 0 Å². The molecule has 86 valence electrons.